The Bertz CT molecular complexity index is 3050. The molecule has 11 rings (SSSR count). The molecule has 1 aliphatic rings. The van der Waals surface area contributed by atoms with E-state index in [0.717, 1.165) is 52.2 Å². The minimum Gasteiger partial charge on any atom is -0.309 e. The van der Waals surface area contributed by atoms with Gasteiger partial charge in [-0.2, -0.15) is 0 Å². The summed E-state index contributed by atoms with van der Waals surface area (Å²) in [5, 5.41) is 7.64. The molecular weight excluding hydrogens is 665 g/mol. The van der Waals surface area contributed by atoms with Crippen molar-refractivity contribution in [2.45, 2.75) is 12.8 Å². The molecule has 55 heavy (non-hydrogen) atoms. The smallest absolute Gasteiger partial charge is 0.0715 e. The molecule has 8 aromatic carbocycles. The van der Waals surface area contributed by atoms with E-state index >= 15 is 0 Å². The van der Waals surface area contributed by atoms with Gasteiger partial charge >= 0.3 is 0 Å². The van der Waals surface area contributed by atoms with Crippen molar-refractivity contribution in [3.05, 3.63) is 199 Å². The van der Waals surface area contributed by atoms with Crippen LogP contribution < -0.4 is 0 Å². The van der Waals surface area contributed by atoms with Gasteiger partial charge in [-0.3, -0.25) is 0 Å². The Morgan fingerprint density at radius 3 is 1.75 bits per heavy atom. The number of pyridine rings is 1. The highest BCUT2D eigenvalue weighted by atomic mass is 15.0. The summed E-state index contributed by atoms with van der Waals surface area (Å²) in [6.45, 7) is 0. The highest BCUT2D eigenvalue weighted by molar-refractivity contribution is 6.28. The zero-order valence-electron chi connectivity index (χ0n) is 30.3. The van der Waals surface area contributed by atoms with Gasteiger partial charge < -0.3 is 4.57 Å². The Labute approximate surface area is 320 Å². The first-order chi connectivity index (χ1) is 27.2. The molecular formula is C53H36N2. The monoisotopic (exact) mass is 700 g/mol. The van der Waals surface area contributed by atoms with Crippen molar-refractivity contribution in [3.63, 3.8) is 0 Å². The lowest BCUT2D eigenvalue weighted by Crippen LogP contribution is -1.97. The molecule has 0 saturated carbocycles. The number of nitrogens with zero attached hydrogens (tertiary/aromatic N) is 2. The molecule has 0 N–H and O–H groups in total. The summed E-state index contributed by atoms with van der Waals surface area (Å²) < 4.78 is 2.45. The van der Waals surface area contributed by atoms with Crippen molar-refractivity contribution in [2.75, 3.05) is 0 Å². The van der Waals surface area contributed by atoms with Gasteiger partial charge in [0.1, 0.15) is 0 Å². The number of hydrogen-bond donors (Lipinski definition) is 0. The first-order valence-electron chi connectivity index (χ1n) is 19.2. The molecule has 0 unspecified atom stereocenters. The van der Waals surface area contributed by atoms with Crippen LogP contribution in [0.2, 0.25) is 0 Å². The summed E-state index contributed by atoms with van der Waals surface area (Å²) in [6, 6.07) is 66.4. The van der Waals surface area contributed by atoms with Crippen LogP contribution in [-0.4, -0.2) is 9.55 Å². The van der Waals surface area contributed by atoms with Gasteiger partial charge in [0.05, 0.1) is 22.4 Å². The Morgan fingerprint density at radius 1 is 0.418 bits per heavy atom. The van der Waals surface area contributed by atoms with E-state index in [9.17, 15) is 0 Å². The molecule has 0 saturated heterocycles. The maximum atomic E-state index is 5.37. The predicted octanol–water partition coefficient (Wildman–Crippen LogP) is 14.1. The number of fused-ring (bicyclic) bond motifs is 8. The summed E-state index contributed by atoms with van der Waals surface area (Å²) >= 11 is 0. The van der Waals surface area contributed by atoms with Crippen LogP contribution in [0.5, 0.6) is 0 Å². The molecule has 258 valence electrons. The largest absolute Gasteiger partial charge is 0.309 e. The van der Waals surface area contributed by atoms with Gasteiger partial charge in [0.15, 0.2) is 0 Å². The molecule has 0 amide bonds. The van der Waals surface area contributed by atoms with Crippen LogP contribution >= 0.6 is 0 Å². The van der Waals surface area contributed by atoms with E-state index in [1.807, 2.05) is 0 Å². The van der Waals surface area contributed by atoms with Gasteiger partial charge in [-0.15, -0.1) is 0 Å². The molecule has 0 aliphatic heterocycles. The lowest BCUT2D eigenvalue weighted by Gasteiger charge is -2.15. The fourth-order valence-corrected chi connectivity index (χ4v) is 8.72. The Balaban J connectivity index is 1.12. The van der Waals surface area contributed by atoms with E-state index in [4.69, 9.17) is 4.98 Å². The highest BCUT2D eigenvalue weighted by Gasteiger charge is 2.18. The van der Waals surface area contributed by atoms with Gasteiger partial charge in [0.25, 0.3) is 0 Å². The van der Waals surface area contributed by atoms with E-state index < -0.39 is 0 Å². The van der Waals surface area contributed by atoms with Gasteiger partial charge in [-0.25, -0.2) is 4.98 Å². The minimum atomic E-state index is 0.957. The van der Waals surface area contributed by atoms with Crippen molar-refractivity contribution in [3.8, 4) is 50.5 Å². The number of hydrogen-bond acceptors (Lipinski definition) is 1. The zero-order chi connectivity index (χ0) is 36.3. The van der Waals surface area contributed by atoms with Crippen molar-refractivity contribution < 1.29 is 0 Å². The highest BCUT2D eigenvalue weighted by Crippen LogP contribution is 2.41. The summed E-state index contributed by atoms with van der Waals surface area (Å²) in [7, 11) is 0. The maximum Gasteiger partial charge on any atom is 0.0715 e. The van der Waals surface area contributed by atoms with Crippen LogP contribution in [0.15, 0.2) is 188 Å². The number of benzene rings is 8. The molecule has 2 aromatic heterocycles. The van der Waals surface area contributed by atoms with Crippen LogP contribution in [0.4, 0.5) is 0 Å². The van der Waals surface area contributed by atoms with Crippen LogP contribution in [0.25, 0.3) is 99.9 Å². The molecule has 2 nitrogen and oxygen atoms in total. The SMILES string of the molecule is C1=Cc2cc(-c3cc(-c4cccc(-n5c6ccc7ccccc7c6c6c7ccccc7ccc65)c4)cc(-c4cccc(-c5ccccc5)c4)n3)ccc2CC1. The normalized spacial score (nSPS) is 12.5. The second-order valence-electron chi connectivity index (χ2n) is 14.7. The van der Waals surface area contributed by atoms with E-state index in [-0.39, 0.29) is 0 Å². The quantitative estimate of drug-likeness (QED) is 0.175. The lowest BCUT2D eigenvalue weighted by atomic mass is 9.93. The third kappa shape index (κ3) is 5.37. The first-order valence-corrected chi connectivity index (χ1v) is 19.2. The molecule has 1 aliphatic carbocycles. The van der Waals surface area contributed by atoms with E-state index in [1.54, 1.807) is 0 Å². The van der Waals surface area contributed by atoms with Gasteiger partial charge in [-0.1, -0.05) is 146 Å². The average Bonchev–Trinajstić information content (AvgIpc) is 3.62. The van der Waals surface area contributed by atoms with Gasteiger partial charge in [-0.05, 0) is 116 Å². The molecule has 0 bridgehead atoms. The van der Waals surface area contributed by atoms with E-state index in [1.165, 1.54) is 65.6 Å². The molecule has 10 aromatic rings. The third-order valence-electron chi connectivity index (χ3n) is 11.4. The molecule has 0 atom stereocenters. The predicted molar refractivity (Wildman–Crippen MR) is 233 cm³/mol. The van der Waals surface area contributed by atoms with Crippen LogP contribution in [0, 0.1) is 0 Å². The molecule has 0 spiro atoms. The Kier molecular flexibility index (Phi) is 7.34. The lowest BCUT2D eigenvalue weighted by molar-refractivity contribution is 0.986. The van der Waals surface area contributed by atoms with Gasteiger partial charge in [0, 0.05) is 27.6 Å². The van der Waals surface area contributed by atoms with Crippen molar-refractivity contribution in [1.29, 1.82) is 0 Å². The standard InChI is InChI=1S/C53H36N2/c1-2-12-35(13-3-1)40-18-10-20-42(30-40)48-33-44(34-49(54-48)43-25-24-36-14-4-5-17-39(36)31-43)41-19-11-21-45(32-41)55-50-28-26-37-15-6-8-22-46(37)52(50)53-47-23-9-7-16-38(47)27-29-51(53)55/h1-3,5-13,15-34H,4,14H2. The zero-order valence-corrected chi connectivity index (χ0v) is 30.3. The van der Waals surface area contributed by atoms with Gasteiger partial charge in [0.2, 0.25) is 0 Å². The molecule has 0 fully saturated rings. The fraction of sp³-hybridized carbons (Fsp3) is 0.0377. The Hall–Kier alpha value is -7.03. The van der Waals surface area contributed by atoms with Crippen LogP contribution in [0.3, 0.4) is 0 Å². The first kappa shape index (κ1) is 31.5. The number of rotatable bonds is 5. The minimum absolute atomic E-state index is 0.957. The van der Waals surface area contributed by atoms with Crippen molar-refractivity contribution in [1.82, 2.24) is 9.55 Å². The second-order valence-corrected chi connectivity index (χ2v) is 14.7. The number of aryl methyl sites for hydroxylation is 1. The topological polar surface area (TPSA) is 17.8 Å². The second kappa shape index (κ2) is 12.8. The number of aromatic nitrogens is 2. The number of allylic oxidation sites excluding steroid dienone is 1. The average molecular weight is 701 g/mol. The van der Waals surface area contributed by atoms with Crippen LogP contribution in [0.1, 0.15) is 17.5 Å². The van der Waals surface area contributed by atoms with Crippen molar-refractivity contribution in [2.24, 2.45) is 0 Å². The van der Waals surface area contributed by atoms with Crippen LogP contribution in [-0.2, 0) is 6.42 Å². The summed E-state index contributed by atoms with van der Waals surface area (Å²) in [6.07, 6.45) is 6.72. The van der Waals surface area contributed by atoms with Crippen molar-refractivity contribution >= 4 is 49.4 Å². The third-order valence-corrected chi connectivity index (χ3v) is 11.4. The summed E-state index contributed by atoms with van der Waals surface area (Å²) in [5.74, 6) is 0. The molecule has 2 heteroatoms. The summed E-state index contributed by atoms with van der Waals surface area (Å²) in [4.78, 5) is 5.37. The Morgan fingerprint density at radius 2 is 1.02 bits per heavy atom. The van der Waals surface area contributed by atoms with E-state index in [0.29, 0.717) is 0 Å². The maximum absolute atomic E-state index is 5.37. The van der Waals surface area contributed by atoms with E-state index in [2.05, 4.69) is 199 Å². The molecule has 0 radical (unpaired) electrons. The summed E-state index contributed by atoms with van der Waals surface area (Å²) in [5.41, 5.74) is 15.1. The fourth-order valence-electron chi connectivity index (χ4n) is 8.72. The molecule has 2 heterocycles.